The van der Waals surface area contributed by atoms with Crippen LogP contribution in [0.25, 0.3) is 0 Å². The number of rotatable bonds is 8. The quantitative estimate of drug-likeness (QED) is 0.302. The molecule has 0 bridgehead atoms. The number of nitrogens with two attached hydrogens (primary N) is 1. The Kier molecular flexibility index (Phi) is 7.89. The fourth-order valence-corrected chi connectivity index (χ4v) is 2.86. The summed E-state index contributed by atoms with van der Waals surface area (Å²) in [6.45, 7) is 5.20. The second-order valence-electron chi connectivity index (χ2n) is 7.85. The fraction of sp³-hybridized carbons (Fsp3) is 0.706. The van der Waals surface area contributed by atoms with Gasteiger partial charge in [-0.25, -0.2) is 0 Å². The molecular formula is C17H28N4O6. The first-order chi connectivity index (χ1) is 12.4. The third kappa shape index (κ3) is 7.33. The molecule has 0 aliphatic carbocycles. The molecule has 0 aromatic rings. The maximum atomic E-state index is 12.7. The molecule has 1 fully saturated rings. The molecule has 27 heavy (non-hydrogen) atoms. The smallest absolute Gasteiger partial charge is 0.309 e. The van der Waals surface area contributed by atoms with Crippen LogP contribution in [0.2, 0.25) is 0 Å². The predicted molar refractivity (Wildman–Crippen MR) is 95.0 cm³/mol. The van der Waals surface area contributed by atoms with Crippen molar-refractivity contribution >= 4 is 29.4 Å². The number of carbonyl (C=O) groups excluding carboxylic acids is 5. The summed E-state index contributed by atoms with van der Waals surface area (Å²) in [4.78, 5) is 59.0. The summed E-state index contributed by atoms with van der Waals surface area (Å²) < 4.78 is 0. The van der Waals surface area contributed by atoms with E-state index in [9.17, 15) is 24.0 Å². The zero-order chi connectivity index (χ0) is 20.8. The van der Waals surface area contributed by atoms with Gasteiger partial charge in [0.1, 0.15) is 12.6 Å². The lowest BCUT2D eigenvalue weighted by molar-refractivity contribution is -0.139. The van der Waals surface area contributed by atoms with E-state index in [1.165, 1.54) is 0 Å². The van der Waals surface area contributed by atoms with E-state index >= 15 is 0 Å². The highest BCUT2D eigenvalue weighted by atomic mass is 16.3. The number of amides is 4. The van der Waals surface area contributed by atoms with Crippen molar-refractivity contribution in [2.45, 2.75) is 52.1 Å². The Morgan fingerprint density at radius 2 is 1.85 bits per heavy atom. The molecule has 1 rings (SSSR count). The molecule has 0 aromatic heterocycles. The van der Waals surface area contributed by atoms with Gasteiger partial charge in [-0.1, -0.05) is 20.8 Å². The van der Waals surface area contributed by atoms with Gasteiger partial charge >= 0.3 is 11.8 Å². The van der Waals surface area contributed by atoms with Gasteiger partial charge in [0.15, 0.2) is 5.78 Å². The number of aliphatic hydroxyl groups is 1. The van der Waals surface area contributed by atoms with Gasteiger partial charge in [-0.3, -0.25) is 24.0 Å². The Morgan fingerprint density at radius 1 is 1.22 bits per heavy atom. The summed E-state index contributed by atoms with van der Waals surface area (Å²) in [6.07, 6.45) is 0.749. The molecule has 1 aliphatic heterocycles. The average Bonchev–Trinajstić information content (AvgIpc) is 2.96. The second-order valence-corrected chi connectivity index (χ2v) is 7.85. The minimum absolute atomic E-state index is 0.0446. The normalized spacial score (nSPS) is 19.0. The van der Waals surface area contributed by atoms with Gasteiger partial charge in [-0.2, -0.15) is 0 Å². The molecule has 0 saturated carbocycles. The van der Waals surface area contributed by atoms with E-state index in [4.69, 9.17) is 10.8 Å². The van der Waals surface area contributed by atoms with E-state index in [-0.39, 0.29) is 24.2 Å². The summed E-state index contributed by atoms with van der Waals surface area (Å²) in [5, 5.41) is 16.6. The zero-order valence-corrected chi connectivity index (χ0v) is 15.8. The summed E-state index contributed by atoms with van der Waals surface area (Å²) in [5.41, 5.74) is 4.55. The molecular weight excluding hydrogens is 356 g/mol. The molecule has 1 heterocycles. The van der Waals surface area contributed by atoms with Crippen molar-refractivity contribution < 1.29 is 29.1 Å². The number of carbonyl (C=O) groups is 5. The van der Waals surface area contributed by atoms with Gasteiger partial charge in [-0.05, 0) is 24.7 Å². The lowest BCUT2D eigenvalue weighted by Crippen LogP contribution is -2.55. The van der Waals surface area contributed by atoms with Crippen molar-refractivity contribution in [1.82, 2.24) is 16.0 Å². The van der Waals surface area contributed by atoms with E-state index in [0.717, 1.165) is 0 Å². The number of hydrogen-bond donors (Lipinski definition) is 5. The summed E-state index contributed by atoms with van der Waals surface area (Å²) in [7, 11) is 0. The molecule has 1 aliphatic rings. The Hall–Kier alpha value is -2.49. The van der Waals surface area contributed by atoms with Gasteiger partial charge in [0.2, 0.25) is 11.8 Å². The first-order valence-electron chi connectivity index (χ1n) is 8.76. The Balaban J connectivity index is 2.91. The third-order valence-electron chi connectivity index (χ3n) is 4.21. The van der Waals surface area contributed by atoms with Crippen LogP contribution in [0.4, 0.5) is 0 Å². The average molecular weight is 384 g/mol. The number of ketones is 1. The van der Waals surface area contributed by atoms with Crippen LogP contribution in [0.5, 0.6) is 0 Å². The van der Waals surface area contributed by atoms with Crippen LogP contribution in [0, 0.1) is 11.3 Å². The minimum atomic E-state index is -1.23. The molecule has 0 unspecified atom stereocenters. The van der Waals surface area contributed by atoms with Crippen molar-refractivity contribution in [1.29, 1.82) is 0 Å². The van der Waals surface area contributed by atoms with Crippen LogP contribution in [0.1, 0.15) is 40.0 Å². The Morgan fingerprint density at radius 3 is 2.30 bits per heavy atom. The lowest BCUT2D eigenvalue weighted by atomic mass is 9.87. The van der Waals surface area contributed by atoms with Crippen molar-refractivity contribution in [2.75, 3.05) is 13.2 Å². The highest BCUT2D eigenvalue weighted by molar-refractivity contribution is 6.34. The van der Waals surface area contributed by atoms with Crippen LogP contribution in [0.15, 0.2) is 0 Å². The lowest BCUT2D eigenvalue weighted by Gasteiger charge is -2.28. The van der Waals surface area contributed by atoms with Crippen LogP contribution in [-0.2, 0) is 24.0 Å². The topological polar surface area (TPSA) is 168 Å². The number of Topliss-reactive ketones (excluding diaryl/α,β-unsaturated/α-hetero) is 1. The molecule has 4 amide bonds. The van der Waals surface area contributed by atoms with Crippen LogP contribution >= 0.6 is 0 Å². The first kappa shape index (κ1) is 22.6. The molecule has 0 spiro atoms. The van der Waals surface area contributed by atoms with E-state index in [2.05, 4.69) is 16.0 Å². The van der Waals surface area contributed by atoms with E-state index < -0.39 is 48.1 Å². The summed E-state index contributed by atoms with van der Waals surface area (Å²) >= 11 is 0. The largest absolute Gasteiger partial charge is 0.389 e. The SMILES string of the molecule is CC(C)(C)C[C@H](NC(=O)C(N)=O)C(=O)N[C@@H](C[C@@H]1CCNC1=O)C(=O)CO. The molecule has 10 heteroatoms. The Bertz CT molecular complexity index is 613. The molecule has 152 valence electrons. The fourth-order valence-electron chi connectivity index (χ4n) is 2.86. The van der Waals surface area contributed by atoms with Crippen molar-refractivity contribution in [3.63, 3.8) is 0 Å². The maximum Gasteiger partial charge on any atom is 0.309 e. The van der Waals surface area contributed by atoms with E-state index in [0.29, 0.717) is 13.0 Å². The molecule has 3 atom stereocenters. The highest BCUT2D eigenvalue weighted by Crippen LogP contribution is 2.22. The molecule has 0 aromatic carbocycles. The minimum Gasteiger partial charge on any atom is -0.389 e. The summed E-state index contributed by atoms with van der Waals surface area (Å²) in [5.74, 6) is -4.34. The number of hydrogen-bond acceptors (Lipinski definition) is 6. The van der Waals surface area contributed by atoms with Gasteiger partial charge in [0.05, 0.1) is 6.04 Å². The van der Waals surface area contributed by atoms with E-state index in [1.54, 1.807) is 0 Å². The van der Waals surface area contributed by atoms with E-state index in [1.807, 2.05) is 20.8 Å². The zero-order valence-electron chi connectivity index (χ0n) is 15.8. The van der Waals surface area contributed by atoms with Crippen LogP contribution in [0.3, 0.4) is 0 Å². The third-order valence-corrected chi connectivity index (χ3v) is 4.21. The monoisotopic (exact) mass is 384 g/mol. The first-order valence-corrected chi connectivity index (χ1v) is 8.76. The van der Waals surface area contributed by atoms with Crippen LogP contribution in [-0.4, -0.2) is 59.8 Å². The van der Waals surface area contributed by atoms with Crippen LogP contribution < -0.4 is 21.7 Å². The Labute approximate surface area is 157 Å². The number of nitrogens with one attached hydrogen (secondary N) is 3. The van der Waals surface area contributed by atoms with Crippen molar-refractivity contribution in [3.8, 4) is 0 Å². The highest BCUT2D eigenvalue weighted by Gasteiger charge is 2.34. The van der Waals surface area contributed by atoms with Gasteiger partial charge < -0.3 is 26.8 Å². The second kappa shape index (κ2) is 9.45. The van der Waals surface area contributed by atoms with Crippen molar-refractivity contribution in [2.24, 2.45) is 17.1 Å². The molecule has 10 nitrogen and oxygen atoms in total. The number of primary amides is 1. The maximum absolute atomic E-state index is 12.7. The van der Waals surface area contributed by atoms with Crippen molar-refractivity contribution in [3.05, 3.63) is 0 Å². The molecule has 0 radical (unpaired) electrons. The van der Waals surface area contributed by atoms with Gasteiger partial charge in [-0.15, -0.1) is 0 Å². The molecule has 1 saturated heterocycles. The predicted octanol–water partition coefficient (Wildman–Crippen LogP) is -2.03. The molecule has 6 N–H and O–H groups in total. The number of aliphatic hydroxyl groups excluding tert-OH is 1. The standard InChI is InChI=1S/C17H28N4O6/c1-17(2,3)7-11(21-16(27)13(18)24)15(26)20-10(12(23)8-22)6-9-4-5-19-14(9)25/h9-11,22H,4-8H2,1-3H3,(H2,18,24)(H,19,25)(H,20,26)(H,21,27)/t9-,10-,11-/m0/s1. The van der Waals surface area contributed by atoms with Gasteiger partial charge in [0, 0.05) is 12.5 Å². The van der Waals surface area contributed by atoms with Gasteiger partial charge in [0.25, 0.3) is 0 Å². The summed E-state index contributed by atoms with van der Waals surface area (Å²) in [6, 6.07) is -2.18.